The van der Waals surface area contributed by atoms with E-state index in [2.05, 4.69) is 11.8 Å². The molecular formula is C15H22N2O2. The largest absolute Gasteiger partial charge is 0.462 e. The van der Waals surface area contributed by atoms with E-state index >= 15 is 0 Å². The Morgan fingerprint density at radius 2 is 2.16 bits per heavy atom. The van der Waals surface area contributed by atoms with E-state index in [1.165, 1.54) is 12.8 Å². The van der Waals surface area contributed by atoms with Gasteiger partial charge in [0.2, 0.25) is 0 Å². The van der Waals surface area contributed by atoms with Crippen molar-refractivity contribution in [1.82, 2.24) is 0 Å². The molecule has 1 aromatic rings. The molecule has 4 nitrogen and oxygen atoms in total. The number of nitrogen functional groups attached to an aromatic ring is 1. The zero-order chi connectivity index (χ0) is 13.8. The van der Waals surface area contributed by atoms with Crippen molar-refractivity contribution in [2.75, 3.05) is 30.3 Å². The summed E-state index contributed by atoms with van der Waals surface area (Å²) in [5.74, 6) is 0.497. The molecular weight excluding hydrogens is 240 g/mol. The third kappa shape index (κ3) is 3.40. The second kappa shape index (κ2) is 5.95. The molecule has 1 aromatic carbocycles. The van der Waals surface area contributed by atoms with E-state index < -0.39 is 0 Å². The van der Waals surface area contributed by atoms with Crippen molar-refractivity contribution < 1.29 is 9.53 Å². The molecule has 1 aliphatic rings. The number of nitrogens with zero attached hydrogens (tertiary/aromatic N) is 1. The van der Waals surface area contributed by atoms with Gasteiger partial charge in [0.15, 0.2) is 0 Å². The summed E-state index contributed by atoms with van der Waals surface area (Å²) in [4.78, 5) is 14.0. The lowest BCUT2D eigenvalue weighted by Gasteiger charge is -2.25. The Bertz CT molecular complexity index is 455. The zero-order valence-corrected chi connectivity index (χ0v) is 11.7. The number of carbonyl (C=O) groups is 1. The lowest BCUT2D eigenvalue weighted by molar-refractivity contribution is 0.0526. The number of benzene rings is 1. The molecule has 0 bridgehead atoms. The molecule has 19 heavy (non-hydrogen) atoms. The van der Waals surface area contributed by atoms with Crippen molar-refractivity contribution in [3.8, 4) is 0 Å². The van der Waals surface area contributed by atoms with Crippen LogP contribution in [-0.4, -0.2) is 25.7 Å². The first-order valence-corrected chi connectivity index (χ1v) is 6.97. The van der Waals surface area contributed by atoms with Gasteiger partial charge in [-0.05, 0) is 50.8 Å². The van der Waals surface area contributed by atoms with E-state index in [1.807, 2.05) is 13.0 Å². The number of hydrogen-bond donors (Lipinski definition) is 1. The van der Waals surface area contributed by atoms with Crippen LogP contribution in [0.15, 0.2) is 18.2 Å². The zero-order valence-electron chi connectivity index (χ0n) is 11.7. The number of anilines is 2. The van der Waals surface area contributed by atoms with Gasteiger partial charge in [0, 0.05) is 13.1 Å². The van der Waals surface area contributed by atoms with E-state index in [0.717, 1.165) is 30.4 Å². The fourth-order valence-corrected chi connectivity index (χ4v) is 2.17. The average molecular weight is 262 g/mol. The fourth-order valence-electron chi connectivity index (χ4n) is 2.17. The Labute approximate surface area is 114 Å². The highest BCUT2D eigenvalue weighted by Crippen LogP contribution is 2.33. The maximum atomic E-state index is 11.8. The van der Waals surface area contributed by atoms with Crippen LogP contribution < -0.4 is 10.6 Å². The van der Waals surface area contributed by atoms with Crippen molar-refractivity contribution in [3.05, 3.63) is 23.8 Å². The molecule has 1 fully saturated rings. The highest BCUT2D eigenvalue weighted by molar-refractivity contribution is 5.92. The van der Waals surface area contributed by atoms with E-state index in [1.54, 1.807) is 12.1 Å². The Balaban J connectivity index is 2.21. The maximum Gasteiger partial charge on any atom is 0.338 e. The predicted molar refractivity (Wildman–Crippen MR) is 77.4 cm³/mol. The SMILES string of the molecule is CCOC(=O)c1ccc(N)c(N(CC)CC2CC2)c1. The van der Waals surface area contributed by atoms with Gasteiger partial charge >= 0.3 is 5.97 Å². The summed E-state index contributed by atoms with van der Waals surface area (Å²) < 4.78 is 5.03. The smallest absolute Gasteiger partial charge is 0.338 e. The molecule has 0 aliphatic heterocycles. The highest BCUT2D eigenvalue weighted by Gasteiger charge is 2.25. The van der Waals surface area contributed by atoms with E-state index in [-0.39, 0.29) is 5.97 Å². The van der Waals surface area contributed by atoms with Crippen LogP contribution in [0, 0.1) is 5.92 Å². The van der Waals surface area contributed by atoms with Crippen LogP contribution in [0.2, 0.25) is 0 Å². The van der Waals surface area contributed by atoms with Crippen LogP contribution >= 0.6 is 0 Å². The van der Waals surface area contributed by atoms with E-state index in [0.29, 0.717) is 12.2 Å². The molecule has 0 heterocycles. The van der Waals surface area contributed by atoms with Gasteiger partial charge < -0.3 is 15.4 Å². The second-order valence-corrected chi connectivity index (χ2v) is 4.98. The van der Waals surface area contributed by atoms with Crippen LogP contribution in [0.4, 0.5) is 11.4 Å². The number of nitrogens with two attached hydrogens (primary N) is 1. The van der Waals surface area contributed by atoms with Crippen molar-refractivity contribution in [2.45, 2.75) is 26.7 Å². The predicted octanol–water partition coefficient (Wildman–Crippen LogP) is 2.68. The first-order valence-electron chi connectivity index (χ1n) is 6.97. The molecule has 0 aromatic heterocycles. The molecule has 2 N–H and O–H groups in total. The van der Waals surface area contributed by atoms with Gasteiger partial charge in [-0.15, -0.1) is 0 Å². The molecule has 1 saturated carbocycles. The van der Waals surface area contributed by atoms with Gasteiger partial charge in [0.05, 0.1) is 23.5 Å². The Morgan fingerprint density at radius 1 is 1.42 bits per heavy atom. The average Bonchev–Trinajstić information content (AvgIpc) is 3.21. The van der Waals surface area contributed by atoms with E-state index in [4.69, 9.17) is 10.5 Å². The van der Waals surface area contributed by atoms with Gasteiger partial charge in [-0.25, -0.2) is 4.79 Å². The van der Waals surface area contributed by atoms with E-state index in [9.17, 15) is 4.79 Å². The molecule has 0 spiro atoms. The lowest BCUT2D eigenvalue weighted by atomic mass is 10.1. The monoisotopic (exact) mass is 262 g/mol. The molecule has 104 valence electrons. The molecule has 2 rings (SSSR count). The molecule has 0 radical (unpaired) electrons. The summed E-state index contributed by atoms with van der Waals surface area (Å²) in [5.41, 5.74) is 8.27. The number of esters is 1. The van der Waals surface area contributed by atoms with Gasteiger partial charge in [0.1, 0.15) is 0 Å². The number of rotatable bonds is 6. The molecule has 0 unspecified atom stereocenters. The van der Waals surface area contributed by atoms with Gasteiger partial charge in [0.25, 0.3) is 0 Å². The quantitative estimate of drug-likeness (QED) is 0.632. The minimum Gasteiger partial charge on any atom is -0.462 e. The standard InChI is InChI=1S/C15H22N2O2/c1-3-17(10-11-5-6-11)14-9-12(7-8-13(14)16)15(18)19-4-2/h7-9,11H,3-6,10,16H2,1-2H3. The van der Waals surface area contributed by atoms with Crippen LogP contribution in [0.3, 0.4) is 0 Å². The summed E-state index contributed by atoms with van der Waals surface area (Å²) >= 11 is 0. The summed E-state index contributed by atoms with van der Waals surface area (Å²) in [6.45, 7) is 6.22. The molecule has 0 amide bonds. The first kappa shape index (κ1) is 13.7. The number of hydrogen-bond acceptors (Lipinski definition) is 4. The third-order valence-corrected chi connectivity index (χ3v) is 3.44. The van der Waals surface area contributed by atoms with Crippen LogP contribution in [0.5, 0.6) is 0 Å². The van der Waals surface area contributed by atoms with Crippen molar-refractivity contribution in [1.29, 1.82) is 0 Å². The second-order valence-electron chi connectivity index (χ2n) is 4.98. The fraction of sp³-hybridized carbons (Fsp3) is 0.533. The Kier molecular flexibility index (Phi) is 4.30. The van der Waals surface area contributed by atoms with Gasteiger partial charge in [-0.3, -0.25) is 0 Å². The summed E-state index contributed by atoms with van der Waals surface area (Å²) in [5, 5.41) is 0. The summed E-state index contributed by atoms with van der Waals surface area (Å²) in [6.07, 6.45) is 2.60. The van der Waals surface area contributed by atoms with Crippen molar-refractivity contribution >= 4 is 17.3 Å². The summed E-state index contributed by atoms with van der Waals surface area (Å²) in [6, 6.07) is 5.36. The Morgan fingerprint density at radius 3 is 2.74 bits per heavy atom. The third-order valence-electron chi connectivity index (χ3n) is 3.44. The maximum absolute atomic E-state index is 11.8. The molecule has 0 atom stereocenters. The van der Waals surface area contributed by atoms with Gasteiger partial charge in [-0.2, -0.15) is 0 Å². The lowest BCUT2D eigenvalue weighted by Crippen LogP contribution is -2.26. The minimum absolute atomic E-state index is 0.286. The van der Waals surface area contributed by atoms with Crippen molar-refractivity contribution in [2.24, 2.45) is 5.92 Å². The van der Waals surface area contributed by atoms with Crippen LogP contribution in [-0.2, 0) is 4.74 Å². The number of ether oxygens (including phenoxy) is 1. The molecule has 1 aliphatic carbocycles. The normalized spacial score (nSPS) is 14.2. The topological polar surface area (TPSA) is 55.6 Å². The minimum atomic E-state index is -0.286. The Hall–Kier alpha value is -1.71. The summed E-state index contributed by atoms with van der Waals surface area (Å²) in [7, 11) is 0. The van der Waals surface area contributed by atoms with Crippen LogP contribution in [0.25, 0.3) is 0 Å². The van der Waals surface area contributed by atoms with Gasteiger partial charge in [-0.1, -0.05) is 0 Å². The highest BCUT2D eigenvalue weighted by atomic mass is 16.5. The first-order chi connectivity index (χ1) is 9.15. The van der Waals surface area contributed by atoms with Crippen LogP contribution in [0.1, 0.15) is 37.0 Å². The molecule has 0 saturated heterocycles. The molecule has 4 heteroatoms. The van der Waals surface area contributed by atoms with Crippen molar-refractivity contribution in [3.63, 3.8) is 0 Å². The number of carbonyl (C=O) groups excluding carboxylic acids is 1.